The molecule has 1 heterocycles. The number of hydrogen-bond donors (Lipinski definition) is 5. The van der Waals surface area contributed by atoms with Crippen LogP contribution in [0, 0.1) is 0 Å². The molecule has 5 N–H and O–H groups in total. The molecule has 18 heteroatoms. The molecule has 0 aliphatic carbocycles. The maximum atomic E-state index is 13.1. The van der Waals surface area contributed by atoms with Crippen molar-refractivity contribution in [3.63, 3.8) is 0 Å². The topological polar surface area (TPSA) is 227 Å². The fourth-order valence-corrected chi connectivity index (χ4v) is 5.79. The van der Waals surface area contributed by atoms with Gasteiger partial charge in [-0.2, -0.15) is 0 Å². The van der Waals surface area contributed by atoms with Crippen molar-refractivity contribution >= 4 is 65.1 Å². The van der Waals surface area contributed by atoms with Crippen molar-refractivity contribution in [2.24, 2.45) is 9.98 Å². The predicted molar refractivity (Wildman–Crippen MR) is 252 cm³/mol. The van der Waals surface area contributed by atoms with E-state index in [1.165, 1.54) is 0 Å². The van der Waals surface area contributed by atoms with Crippen LogP contribution in [-0.2, 0) is 25.5 Å². The fourth-order valence-electron chi connectivity index (χ4n) is 5.79. The van der Waals surface area contributed by atoms with E-state index in [9.17, 15) is 28.8 Å². The molecule has 0 fully saturated rings. The van der Waals surface area contributed by atoms with E-state index in [0.29, 0.717) is 47.6 Å². The van der Waals surface area contributed by atoms with Crippen molar-refractivity contribution in [1.82, 2.24) is 20.9 Å². The molecule has 4 rings (SSSR count). The van der Waals surface area contributed by atoms with Crippen molar-refractivity contribution in [2.45, 2.75) is 118 Å². The van der Waals surface area contributed by atoms with Crippen molar-refractivity contribution < 1.29 is 47.7 Å². The molecule has 354 valence electrons. The van der Waals surface area contributed by atoms with Crippen molar-refractivity contribution in [2.75, 3.05) is 23.7 Å². The molecular weight excluding hydrogens is 849 g/mol. The number of hydrogen-bond acceptors (Lipinski definition) is 11. The minimum Gasteiger partial charge on any atom is -0.444 e. The van der Waals surface area contributed by atoms with Crippen LogP contribution in [-0.4, -0.2) is 88.5 Å². The van der Waals surface area contributed by atoms with Crippen LogP contribution in [0.25, 0.3) is 5.57 Å². The van der Waals surface area contributed by atoms with Crippen LogP contribution < -0.4 is 26.6 Å². The van der Waals surface area contributed by atoms with Crippen LogP contribution in [0.4, 0.5) is 30.6 Å². The molecule has 0 atom stereocenters. The minimum absolute atomic E-state index is 0.0228. The molecule has 0 spiro atoms. The average molecular weight is 911 g/mol. The Labute approximate surface area is 386 Å². The van der Waals surface area contributed by atoms with Crippen molar-refractivity contribution in [3.8, 4) is 0 Å². The summed E-state index contributed by atoms with van der Waals surface area (Å²) in [5, 5.41) is 13.2. The first-order chi connectivity index (χ1) is 30.6. The molecule has 18 nitrogen and oxygen atoms in total. The number of nitrogens with one attached hydrogen (secondary N) is 5. The maximum Gasteiger partial charge on any atom is 0.437 e. The maximum absolute atomic E-state index is 13.1. The van der Waals surface area contributed by atoms with Gasteiger partial charge in [-0.3, -0.25) is 25.5 Å². The molecule has 0 bridgehead atoms. The van der Waals surface area contributed by atoms with Crippen molar-refractivity contribution in [1.29, 1.82) is 0 Å². The Morgan fingerprint density at radius 3 is 1.39 bits per heavy atom. The molecule has 66 heavy (non-hydrogen) atoms. The van der Waals surface area contributed by atoms with Gasteiger partial charge in [0.1, 0.15) is 22.4 Å². The quantitative estimate of drug-likeness (QED) is 0.0854. The van der Waals surface area contributed by atoms with E-state index in [1.807, 2.05) is 18.2 Å². The second-order valence-electron chi connectivity index (χ2n) is 19.1. The molecule has 3 aromatic carbocycles. The van der Waals surface area contributed by atoms with Crippen LogP contribution >= 0.6 is 0 Å². The summed E-state index contributed by atoms with van der Waals surface area (Å²) in [6.07, 6.45) is -0.656. The van der Waals surface area contributed by atoms with Crippen LogP contribution in [0.15, 0.2) is 88.9 Å². The van der Waals surface area contributed by atoms with Crippen LogP contribution in [0.1, 0.15) is 121 Å². The minimum atomic E-state index is -0.841. The summed E-state index contributed by atoms with van der Waals surface area (Å²) >= 11 is 0. The standard InChI is InChI=1S/C48H62N8O10/c1-45(2,3)63-41(59)52-39(53-42(60)64-46(4,5)6)49-29-30-13-21-35(22-14-30)50-37(57)33-15-17-34(18-16-33)38(58)51-36-23-19-31(20-24-36)32-25-27-56(28-26-32)40(54-43(61)65-47(7,8)9)55-44(62)66-48(10,11)12/h13-25H,26-29H2,1-12H3,(H,50,57)(H,51,58)(H,54,55,61,62)(H2,49,52,53,59,60). The molecule has 0 saturated heterocycles. The van der Waals surface area contributed by atoms with Gasteiger partial charge < -0.3 is 34.5 Å². The fraction of sp³-hybridized carbons (Fsp3) is 0.417. The Balaban J connectivity index is 1.32. The monoisotopic (exact) mass is 910 g/mol. The highest BCUT2D eigenvalue weighted by atomic mass is 16.6. The SMILES string of the molecule is CC(C)(C)OC(=O)N=C(NC(=O)OC(C)(C)C)N1CC=C(c2ccc(NC(=O)c3ccc(C(=O)Nc4ccc(CN=C(NC(=O)OC(C)(C)C)NC(=O)OC(C)(C)C)cc4)cc3)cc2)CC1. The summed E-state index contributed by atoms with van der Waals surface area (Å²) in [6, 6.07) is 20.4. The Hall–Kier alpha value is -7.24. The first-order valence-electron chi connectivity index (χ1n) is 21.3. The van der Waals surface area contributed by atoms with Crippen LogP contribution in [0.2, 0.25) is 0 Å². The molecule has 1 aliphatic heterocycles. The van der Waals surface area contributed by atoms with E-state index in [0.717, 1.165) is 11.1 Å². The van der Waals surface area contributed by atoms with Gasteiger partial charge in [-0.05, 0) is 155 Å². The Kier molecular flexibility index (Phi) is 16.8. The van der Waals surface area contributed by atoms with Gasteiger partial charge in [0, 0.05) is 35.6 Å². The first kappa shape index (κ1) is 51.4. The Bertz CT molecular complexity index is 2300. The van der Waals surface area contributed by atoms with Gasteiger partial charge in [0.15, 0.2) is 0 Å². The van der Waals surface area contributed by atoms with Gasteiger partial charge in [0.05, 0.1) is 6.54 Å². The lowest BCUT2D eigenvalue weighted by atomic mass is 9.99. The number of amides is 6. The summed E-state index contributed by atoms with van der Waals surface area (Å²) in [5.74, 6) is -0.888. The smallest absolute Gasteiger partial charge is 0.437 e. The third-order valence-corrected chi connectivity index (χ3v) is 8.51. The van der Waals surface area contributed by atoms with E-state index >= 15 is 0 Å². The normalized spacial score (nSPS) is 13.2. The lowest BCUT2D eigenvalue weighted by Gasteiger charge is -2.30. The van der Waals surface area contributed by atoms with Gasteiger partial charge >= 0.3 is 24.4 Å². The van der Waals surface area contributed by atoms with Gasteiger partial charge in [0.25, 0.3) is 11.8 Å². The van der Waals surface area contributed by atoms with Gasteiger partial charge in [0.2, 0.25) is 11.9 Å². The zero-order valence-corrected chi connectivity index (χ0v) is 39.8. The molecule has 6 amide bonds. The average Bonchev–Trinajstić information content (AvgIpc) is 3.18. The predicted octanol–water partition coefficient (Wildman–Crippen LogP) is 9.00. The summed E-state index contributed by atoms with van der Waals surface area (Å²) < 4.78 is 21.3. The number of ether oxygens (including phenoxy) is 4. The molecule has 0 unspecified atom stereocenters. The lowest BCUT2D eigenvalue weighted by molar-refractivity contribution is 0.0528. The first-order valence-corrected chi connectivity index (χ1v) is 21.3. The van der Waals surface area contributed by atoms with E-state index in [-0.39, 0.29) is 30.3 Å². The number of rotatable bonds is 7. The highest BCUT2D eigenvalue weighted by Gasteiger charge is 2.26. The van der Waals surface area contributed by atoms with Gasteiger partial charge in [-0.15, -0.1) is 4.99 Å². The van der Waals surface area contributed by atoms with Crippen LogP contribution in [0.3, 0.4) is 0 Å². The number of guanidine groups is 2. The highest BCUT2D eigenvalue weighted by molar-refractivity contribution is 6.07. The molecule has 3 aromatic rings. The molecular formula is C48H62N8O10. The number of nitrogens with zero attached hydrogens (tertiary/aromatic N) is 3. The zero-order valence-electron chi connectivity index (χ0n) is 39.8. The zero-order chi connectivity index (χ0) is 49.0. The van der Waals surface area contributed by atoms with E-state index < -0.39 is 46.8 Å². The largest absolute Gasteiger partial charge is 0.444 e. The summed E-state index contributed by atoms with van der Waals surface area (Å²) in [7, 11) is 0. The summed E-state index contributed by atoms with van der Waals surface area (Å²) in [4.78, 5) is 86.3. The van der Waals surface area contributed by atoms with Gasteiger partial charge in [-0.1, -0.05) is 30.3 Å². The van der Waals surface area contributed by atoms with E-state index in [4.69, 9.17) is 18.9 Å². The molecule has 0 radical (unpaired) electrons. The molecule has 1 aliphatic rings. The Morgan fingerprint density at radius 1 is 0.561 bits per heavy atom. The summed E-state index contributed by atoms with van der Waals surface area (Å²) in [5.41, 5.74) is 1.34. The number of aliphatic imine (C=N–C) groups is 2. The third-order valence-electron chi connectivity index (χ3n) is 8.51. The van der Waals surface area contributed by atoms with E-state index in [1.54, 1.807) is 149 Å². The third kappa shape index (κ3) is 18.5. The van der Waals surface area contributed by atoms with E-state index in [2.05, 4.69) is 36.6 Å². The Morgan fingerprint density at radius 2 is 0.985 bits per heavy atom. The number of carbonyl (C=O) groups is 6. The molecule has 0 aromatic heterocycles. The molecule has 0 saturated carbocycles. The number of carbonyl (C=O) groups excluding carboxylic acids is 6. The second kappa shape index (κ2) is 21.6. The summed E-state index contributed by atoms with van der Waals surface area (Å²) in [6.45, 7) is 21.5. The second-order valence-corrected chi connectivity index (χ2v) is 19.1. The van der Waals surface area contributed by atoms with Crippen LogP contribution in [0.5, 0.6) is 0 Å². The highest BCUT2D eigenvalue weighted by Crippen LogP contribution is 2.25. The number of alkyl carbamates (subject to hydrolysis) is 3. The number of anilines is 2. The van der Waals surface area contributed by atoms with Gasteiger partial charge in [-0.25, -0.2) is 24.2 Å². The lowest BCUT2D eigenvalue weighted by Crippen LogP contribution is -2.48. The van der Waals surface area contributed by atoms with Crippen molar-refractivity contribution in [3.05, 3.63) is 101 Å². The number of benzene rings is 3.